The molecule has 0 bridgehead atoms. The largest absolute Gasteiger partial charge is 0.418 e. The molecule has 0 radical (unpaired) electrons. The van der Waals surface area contributed by atoms with Crippen molar-refractivity contribution in [2.45, 2.75) is 50.5 Å². The van der Waals surface area contributed by atoms with Gasteiger partial charge >= 0.3 is 6.18 Å². The molecule has 1 heterocycles. The lowest BCUT2D eigenvalue weighted by Crippen LogP contribution is -2.31. The maximum Gasteiger partial charge on any atom is 0.418 e. The standard InChI is InChI=1S/C15H18BrF3N2/c1-9-6-11(8-21(9)12-3-4-12)20-14-5-2-10(16)7-13(14)15(17,18)19/h2,5,7,9,11-12,20H,3-4,6,8H2,1H3. The highest BCUT2D eigenvalue weighted by Gasteiger charge is 2.40. The minimum atomic E-state index is -4.34. The third-order valence-corrected chi connectivity index (χ3v) is 4.78. The van der Waals surface area contributed by atoms with Crippen LogP contribution >= 0.6 is 15.9 Å². The molecule has 6 heteroatoms. The molecule has 0 spiro atoms. The molecule has 1 aliphatic heterocycles. The van der Waals surface area contributed by atoms with E-state index >= 15 is 0 Å². The van der Waals surface area contributed by atoms with Gasteiger partial charge in [0.15, 0.2) is 0 Å². The monoisotopic (exact) mass is 362 g/mol. The van der Waals surface area contributed by atoms with Crippen molar-refractivity contribution < 1.29 is 13.2 Å². The summed E-state index contributed by atoms with van der Waals surface area (Å²) in [6.45, 7) is 2.99. The Morgan fingerprint density at radius 3 is 2.62 bits per heavy atom. The van der Waals surface area contributed by atoms with E-state index in [1.165, 1.54) is 18.9 Å². The van der Waals surface area contributed by atoms with Gasteiger partial charge in [-0.3, -0.25) is 4.90 Å². The number of anilines is 1. The van der Waals surface area contributed by atoms with Crippen LogP contribution in [-0.4, -0.2) is 29.6 Å². The van der Waals surface area contributed by atoms with Crippen LogP contribution in [0, 0.1) is 0 Å². The molecular weight excluding hydrogens is 345 g/mol. The number of hydrogen-bond acceptors (Lipinski definition) is 2. The van der Waals surface area contributed by atoms with Crippen LogP contribution in [0.4, 0.5) is 18.9 Å². The van der Waals surface area contributed by atoms with Gasteiger partial charge in [-0.25, -0.2) is 0 Å². The lowest BCUT2D eigenvalue weighted by molar-refractivity contribution is -0.137. The van der Waals surface area contributed by atoms with Crippen LogP contribution in [0.2, 0.25) is 0 Å². The van der Waals surface area contributed by atoms with E-state index in [4.69, 9.17) is 0 Å². The Morgan fingerprint density at radius 1 is 1.29 bits per heavy atom. The fraction of sp³-hybridized carbons (Fsp3) is 0.600. The van der Waals surface area contributed by atoms with Crippen molar-refractivity contribution in [2.24, 2.45) is 0 Å². The number of hydrogen-bond donors (Lipinski definition) is 1. The predicted molar refractivity (Wildman–Crippen MR) is 80.4 cm³/mol. The first-order chi connectivity index (χ1) is 9.84. The molecule has 2 nitrogen and oxygen atoms in total. The van der Waals surface area contributed by atoms with Crippen LogP contribution in [0.25, 0.3) is 0 Å². The third-order valence-electron chi connectivity index (χ3n) is 4.29. The molecule has 1 aromatic carbocycles. The van der Waals surface area contributed by atoms with Crippen molar-refractivity contribution in [3.63, 3.8) is 0 Å². The van der Waals surface area contributed by atoms with E-state index in [9.17, 15) is 13.2 Å². The normalized spacial score (nSPS) is 27.1. The molecule has 116 valence electrons. The molecule has 0 amide bonds. The molecule has 1 saturated heterocycles. The molecule has 1 saturated carbocycles. The summed E-state index contributed by atoms with van der Waals surface area (Å²) in [5.74, 6) is 0. The SMILES string of the molecule is CC1CC(Nc2ccc(Br)cc2C(F)(F)F)CN1C1CC1. The Balaban J connectivity index is 1.76. The Morgan fingerprint density at radius 2 is 2.00 bits per heavy atom. The summed E-state index contributed by atoms with van der Waals surface area (Å²) in [5, 5.41) is 3.10. The maximum atomic E-state index is 13.1. The zero-order valence-electron chi connectivity index (χ0n) is 11.8. The smallest absolute Gasteiger partial charge is 0.380 e. The highest BCUT2D eigenvalue weighted by Crippen LogP contribution is 2.38. The van der Waals surface area contributed by atoms with Gasteiger partial charge in [0.1, 0.15) is 0 Å². The molecule has 2 aliphatic rings. The molecule has 2 fully saturated rings. The lowest BCUT2D eigenvalue weighted by atomic mass is 10.1. The van der Waals surface area contributed by atoms with Crippen LogP contribution in [-0.2, 0) is 6.18 Å². The van der Waals surface area contributed by atoms with Crippen molar-refractivity contribution in [1.82, 2.24) is 4.90 Å². The molecule has 2 atom stereocenters. The van der Waals surface area contributed by atoms with E-state index in [1.807, 2.05) is 0 Å². The van der Waals surface area contributed by atoms with E-state index in [1.54, 1.807) is 6.07 Å². The van der Waals surface area contributed by atoms with Gasteiger partial charge in [0.2, 0.25) is 0 Å². The summed E-state index contributed by atoms with van der Waals surface area (Å²) >= 11 is 3.11. The highest BCUT2D eigenvalue weighted by molar-refractivity contribution is 9.10. The number of benzene rings is 1. The molecular formula is C15H18BrF3N2. The lowest BCUT2D eigenvalue weighted by Gasteiger charge is -2.21. The van der Waals surface area contributed by atoms with Gasteiger partial charge in [-0.15, -0.1) is 0 Å². The minimum absolute atomic E-state index is 0.0860. The Labute approximate surface area is 130 Å². The summed E-state index contributed by atoms with van der Waals surface area (Å²) in [4.78, 5) is 2.42. The van der Waals surface area contributed by atoms with Crippen molar-refractivity contribution >= 4 is 21.6 Å². The molecule has 1 aliphatic carbocycles. The number of likely N-dealkylation sites (tertiary alicyclic amines) is 1. The van der Waals surface area contributed by atoms with Crippen LogP contribution in [0.1, 0.15) is 31.7 Å². The summed E-state index contributed by atoms with van der Waals surface area (Å²) in [5.41, 5.74) is -0.421. The third kappa shape index (κ3) is 3.37. The second-order valence-electron chi connectivity index (χ2n) is 6.04. The van der Waals surface area contributed by atoms with Crippen molar-refractivity contribution in [3.8, 4) is 0 Å². The van der Waals surface area contributed by atoms with Gasteiger partial charge in [-0.05, 0) is 44.4 Å². The van der Waals surface area contributed by atoms with E-state index in [2.05, 4.69) is 33.1 Å². The molecule has 21 heavy (non-hydrogen) atoms. The zero-order valence-corrected chi connectivity index (χ0v) is 13.3. The number of alkyl halides is 3. The summed E-state index contributed by atoms with van der Waals surface area (Å²) in [6, 6.07) is 5.48. The fourth-order valence-electron chi connectivity index (χ4n) is 3.17. The summed E-state index contributed by atoms with van der Waals surface area (Å²) < 4.78 is 39.8. The first kappa shape index (κ1) is 15.2. The van der Waals surface area contributed by atoms with E-state index in [0.29, 0.717) is 16.6 Å². The molecule has 1 N–H and O–H groups in total. The average molecular weight is 363 g/mol. The van der Waals surface area contributed by atoms with E-state index in [-0.39, 0.29) is 11.7 Å². The molecule has 2 unspecified atom stereocenters. The van der Waals surface area contributed by atoms with Gasteiger partial charge in [0, 0.05) is 34.8 Å². The van der Waals surface area contributed by atoms with Crippen LogP contribution in [0.15, 0.2) is 22.7 Å². The Hall–Kier alpha value is -0.750. The molecule has 3 rings (SSSR count). The van der Waals surface area contributed by atoms with Crippen LogP contribution < -0.4 is 5.32 Å². The first-order valence-corrected chi connectivity index (χ1v) is 8.03. The highest BCUT2D eigenvalue weighted by atomic mass is 79.9. The first-order valence-electron chi connectivity index (χ1n) is 7.23. The second kappa shape index (κ2) is 5.47. The number of nitrogens with one attached hydrogen (secondary N) is 1. The second-order valence-corrected chi connectivity index (χ2v) is 6.96. The van der Waals surface area contributed by atoms with Gasteiger partial charge in [-0.1, -0.05) is 15.9 Å². The van der Waals surface area contributed by atoms with Gasteiger partial charge in [0.25, 0.3) is 0 Å². The number of rotatable bonds is 3. The summed E-state index contributed by atoms with van der Waals surface area (Å²) in [6.07, 6.45) is -0.997. The maximum absolute atomic E-state index is 13.1. The van der Waals surface area contributed by atoms with E-state index < -0.39 is 11.7 Å². The topological polar surface area (TPSA) is 15.3 Å². The molecule has 0 aromatic heterocycles. The average Bonchev–Trinajstić information content (AvgIpc) is 3.15. The van der Waals surface area contributed by atoms with Crippen molar-refractivity contribution in [3.05, 3.63) is 28.2 Å². The number of halogens is 4. The predicted octanol–water partition coefficient (Wildman–Crippen LogP) is 4.51. The van der Waals surface area contributed by atoms with Crippen LogP contribution in [0.3, 0.4) is 0 Å². The fourth-order valence-corrected chi connectivity index (χ4v) is 3.53. The molecule has 1 aromatic rings. The van der Waals surface area contributed by atoms with Gasteiger partial charge < -0.3 is 5.32 Å². The van der Waals surface area contributed by atoms with Crippen molar-refractivity contribution in [1.29, 1.82) is 0 Å². The van der Waals surface area contributed by atoms with Crippen LogP contribution in [0.5, 0.6) is 0 Å². The van der Waals surface area contributed by atoms with Gasteiger partial charge in [0.05, 0.1) is 5.56 Å². The van der Waals surface area contributed by atoms with Gasteiger partial charge in [-0.2, -0.15) is 13.2 Å². The Kier molecular flexibility index (Phi) is 3.94. The quantitative estimate of drug-likeness (QED) is 0.851. The zero-order chi connectivity index (χ0) is 15.2. The summed E-state index contributed by atoms with van der Waals surface area (Å²) in [7, 11) is 0. The minimum Gasteiger partial charge on any atom is -0.380 e. The van der Waals surface area contributed by atoms with Crippen molar-refractivity contribution in [2.75, 3.05) is 11.9 Å². The Bertz CT molecular complexity index is 528. The van der Waals surface area contributed by atoms with E-state index in [0.717, 1.165) is 19.0 Å². The number of nitrogens with zero attached hydrogens (tertiary/aromatic N) is 1.